The number of sulfone groups is 1. The second-order valence-corrected chi connectivity index (χ2v) is 11.3. The van der Waals surface area contributed by atoms with Gasteiger partial charge in [0.2, 0.25) is 0 Å². The Morgan fingerprint density at radius 3 is 2.49 bits per heavy atom. The maximum absolute atomic E-state index is 13.1. The van der Waals surface area contributed by atoms with Crippen LogP contribution in [0.15, 0.2) is 53.6 Å². The van der Waals surface area contributed by atoms with Crippen LogP contribution >= 0.6 is 0 Å². The molecule has 0 saturated carbocycles. The van der Waals surface area contributed by atoms with E-state index in [1.165, 1.54) is 0 Å². The maximum Gasteiger partial charge on any atom is 0.306 e. The van der Waals surface area contributed by atoms with E-state index in [2.05, 4.69) is 5.10 Å². The molecule has 2 aromatic rings. The molecule has 35 heavy (non-hydrogen) atoms. The van der Waals surface area contributed by atoms with Gasteiger partial charge in [0.1, 0.15) is 0 Å². The Labute approximate surface area is 206 Å². The molecule has 1 fully saturated rings. The largest absolute Gasteiger partial charge is 0.466 e. The predicted octanol–water partition coefficient (Wildman–Crippen LogP) is 2.69. The number of carbonyl (C=O) groups excluding carboxylic acids is 2. The molecule has 0 amide bonds. The van der Waals surface area contributed by atoms with Gasteiger partial charge in [-0.1, -0.05) is 42.5 Å². The third-order valence-corrected chi connectivity index (χ3v) is 8.28. The van der Waals surface area contributed by atoms with Gasteiger partial charge in [-0.25, -0.2) is 8.42 Å². The van der Waals surface area contributed by atoms with Crippen molar-refractivity contribution in [2.45, 2.75) is 31.7 Å². The van der Waals surface area contributed by atoms with Crippen LogP contribution in [0.2, 0.25) is 0 Å². The summed E-state index contributed by atoms with van der Waals surface area (Å²) in [6, 6.07) is 14.2. The first-order valence-electron chi connectivity index (χ1n) is 11.9. The van der Waals surface area contributed by atoms with Gasteiger partial charge in [-0.15, -0.1) is 0 Å². The lowest BCUT2D eigenvalue weighted by atomic mass is 9.72. The molecule has 1 saturated heterocycles. The van der Waals surface area contributed by atoms with Crippen molar-refractivity contribution in [3.8, 4) is 0 Å². The van der Waals surface area contributed by atoms with Gasteiger partial charge in [-0.3, -0.25) is 14.6 Å². The molecule has 1 aliphatic carbocycles. The molecule has 0 aromatic heterocycles. The zero-order valence-corrected chi connectivity index (χ0v) is 20.6. The highest BCUT2D eigenvalue weighted by molar-refractivity contribution is 7.91. The number of nitrogens with two attached hydrogens (primary N) is 1. The average Bonchev–Trinajstić information content (AvgIpc) is 2.85. The summed E-state index contributed by atoms with van der Waals surface area (Å²) >= 11 is 0. The fourth-order valence-electron chi connectivity index (χ4n) is 4.73. The van der Waals surface area contributed by atoms with Crippen LogP contribution < -0.4 is 5.73 Å². The summed E-state index contributed by atoms with van der Waals surface area (Å²) in [7, 11) is -2.99. The van der Waals surface area contributed by atoms with Crippen molar-refractivity contribution in [2.24, 2.45) is 16.8 Å². The zero-order chi connectivity index (χ0) is 25.0. The number of rotatable bonds is 7. The van der Waals surface area contributed by atoms with E-state index in [0.29, 0.717) is 37.2 Å². The van der Waals surface area contributed by atoms with Crippen molar-refractivity contribution in [1.82, 2.24) is 5.01 Å². The molecule has 1 heterocycles. The van der Waals surface area contributed by atoms with Gasteiger partial charge in [-0.2, -0.15) is 5.10 Å². The van der Waals surface area contributed by atoms with Crippen LogP contribution in [0.3, 0.4) is 0 Å². The van der Waals surface area contributed by atoms with Crippen LogP contribution in [0.4, 0.5) is 0 Å². The summed E-state index contributed by atoms with van der Waals surface area (Å²) < 4.78 is 28.6. The highest BCUT2D eigenvalue weighted by Crippen LogP contribution is 2.41. The summed E-state index contributed by atoms with van der Waals surface area (Å²) in [5.41, 5.74) is 9.56. The van der Waals surface area contributed by atoms with Gasteiger partial charge in [0, 0.05) is 29.3 Å². The molecule has 4 rings (SSSR count). The summed E-state index contributed by atoms with van der Waals surface area (Å²) in [5.74, 6) is -0.511. The Morgan fingerprint density at radius 1 is 1.09 bits per heavy atom. The number of hydrazone groups is 1. The number of hydrogen-bond acceptors (Lipinski definition) is 8. The molecule has 3 atom stereocenters. The van der Waals surface area contributed by atoms with E-state index < -0.39 is 15.9 Å². The van der Waals surface area contributed by atoms with Gasteiger partial charge in [0.05, 0.1) is 37.6 Å². The second-order valence-electron chi connectivity index (χ2n) is 9.05. The maximum atomic E-state index is 13.1. The molecular weight excluding hydrogens is 466 g/mol. The van der Waals surface area contributed by atoms with Gasteiger partial charge in [0.25, 0.3) is 0 Å². The van der Waals surface area contributed by atoms with Gasteiger partial charge in [-0.05, 0) is 36.5 Å². The Balaban J connectivity index is 1.63. The van der Waals surface area contributed by atoms with Crippen molar-refractivity contribution < 1.29 is 22.7 Å². The topological polar surface area (TPSA) is 119 Å². The number of carbonyl (C=O) groups is 2. The normalized spacial score (nSPS) is 23.6. The van der Waals surface area contributed by atoms with Crippen LogP contribution in [0.5, 0.6) is 0 Å². The fraction of sp³-hybridized carbons (Fsp3) is 0.423. The summed E-state index contributed by atoms with van der Waals surface area (Å²) in [6.07, 6.45) is 2.60. The van der Waals surface area contributed by atoms with E-state index in [1.807, 2.05) is 36.5 Å². The molecule has 2 aliphatic rings. The van der Waals surface area contributed by atoms with Crippen molar-refractivity contribution in [3.63, 3.8) is 0 Å². The third kappa shape index (κ3) is 5.97. The summed E-state index contributed by atoms with van der Waals surface area (Å²) in [5, 5.41) is 6.34. The van der Waals surface area contributed by atoms with Gasteiger partial charge in [0.15, 0.2) is 15.6 Å². The smallest absolute Gasteiger partial charge is 0.306 e. The van der Waals surface area contributed by atoms with E-state index in [9.17, 15) is 18.0 Å². The average molecular weight is 498 g/mol. The number of nitrogens with zero attached hydrogens (tertiary/aromatic N) is 2. The van der Waals surface area contributed by atoms with E-state index in [4.69, 9.17) is 10.5 Å². The lowest BCUT2D eigenvalue weighted by Gasteiger charge is -2.35. The lowest BCUT2D eigenvalue weighted by molar-refractivity contribution is -0.144. The van der Waals surface area contributed by atoms with Crippen molar-refractivity contribution >= 4 is 27.8 Å². The Bertz CT molecular complexity index is 1200. The minimum atomic E-state index is -2.99. The monoisotopic (exact) mass is 497 g/mol. The van der Waals surface area contributed by atoms with Gasteiger partial charge >= 0.3 is 5.97 Å². The molecule has 0 bridgehead atoms. The number of ether oxygens (including phenoxy) is 1. The molecule has 0 spiro atoms. The lowest BCUT2D eigenvalue weighted by Crippen LogP contribution is -2.37. The fourth-order valence-corrected chi connectivity index (χ4v) is 5.91. The molecule has 186 valence electrons. The zero-order valence-electron chi connectivity index (χ0n) is 19.8. The number of ketones is 1. The molecule has 8 nitrogen and oxygen atoms in total. The first-order chi connectivity index (χ1) is 16.8. The van der Waals surface area contributed by atoms with Crippen LogP contribution in [0.1, 0.15) is 58.8 Å². The predicted molar refractivity (Wildman–Crippen MR) is 134 cm³/mol. The van der Waals surface area contributed by atoms with Crippen molar-refractivity contribution in [3.05, 3.63) is 70.8 Å². The SMILES string of the molecule is CCOC(=O)CC1CC(C=NN2CCS(=O)(=O)CC2)c2ccc(C(=O)c3ccccc3)cc2C1N. The van der Waals surface area contributed by atoms with E-state index in [-0.39, 0.29) is 41.5 Å². The van der Waals surface area contributed by atoms with Crippen molar-refractivity contribution in [1.29, 1.82) is 0 Å². The summed E-state index contributed by atoms with van der Waals surface area (Å²) in [6.45, 7) is 2.78. The quantitative estimate of drug-likeness (QED) is 0.355. The standard InChI is InChI=1S/C26H31N3O5S/c1-2-34-24(30)16-20-14-21(17-28-29-10-12-35(32,33)13-11-29)22-9-8-19(15-23(22)25(20)27)26(31)18-6-4-3-5-7-18/h3-9,15,17,20-21,25H,2,10-14,16,27H2,1H3. The van der Waals surface area contributed by atoms with E-state index >= 15 is 0 Å². The van der Waals surface area contributed by atoms with Crippen LogP contribution in [-0.4, -0.2) is 62.6 Å². The Hall–Kier alpha value is -3.04. The molecule has 0 radical (unpaired) electrons. The van der Waals surface area contributed by atoms with Crippen LogP contribution in [-0.2, 0) is 19.4 Å². The Morgan fingerprint density at radius 2 is 1.80 bits per heavy atom. The minimum Gasteiger partial charge on any atom is -0.466 e. The molecule has 9 heteroatoms. The second kappa shape index (κ2) is 10.7. The van der Waals surface area contributed by atoms with E-state index in [0.717, 1.165) is 11.1 Å². The highest BCUT2D eigenvalue weighted by Gasteiger charge is 2.35. The first-order valence-corrected chi connectivity index (χ1v) is 13.7. The third-order valence-electron chi connectivity index (χ3n) is 6.67. The summed E-state index contributed by atoms with van der Waals surface area (Å²) in [4.78, 5) is 25.3. The molecular formula is C26H31N3O5S. The molecule has 3 unspecified atom stereocenters. The molecule has 1 aliphatic heterocycles. The van der Waals surface area contributed by atoms with E-state index in [1.54, 1.807) is 30.1 Å². The number of fused-ring (bicyclic) bond motifs is 1. The molecule has 2 aromatic carbocycles. The minimum absolute atomic E-state index is 0.0899. The number of hydrogen-bond donors (Lipinski definition) is 1. The highest BCUT2D eigenvalue weighted by atomic mass is 32.2. The Kier molecular flexibility index (Phi) is 7.66. The number of esters is 1. The van der Waals surface area contributed by atoms with Gasteiger partial charge < -0.3 is 10.5 Å². The first kappa shape index (κ1) is 25.1. The van der Waals surface area contributed by atoms with Crippen LogP contribution in [0.25, 0.3) is 0 Å². The molecule has 2 N–H and O–H groups in total. The number of benzene rings is 2. The van der Waals surface area contributed by atoms with Crippen molar-refractivity contribution in [2.75, 3.05) is 31.2 Å². The van der Waals surface area contributed by atoms with Crippen LogP contribution in [0, 0.1) is 5.92 Å².